The molecule has 1 atom stereocenters. The van der Waals surface area contributed by atoms with Crippen LogP contribution in [0.5, 0.6) is 5.75 Å². The van der Waals surface area contributed by atoms with Crippen molar-refractivity contribution in [2.24, 2.45) is 0 Å². The standard InChI is InChI=1S/C24H30F2N2O3/c1-24(2,3)31-23(29)28-15-18-6-4-5-17-13-19(9-12-21(17)18)27-14-16-7-10-20(11-8-16)30-22(25)26/h7-13,18,22,27H,4-6,14-15H2,1-3H3,(H,28,29)/t18-/m0/s1. The van der Waals surface area contributed by atoms with Crippen LogP contribution in [0.4, 0.5) is 19.3 Å². The number of halogens is 2. The highest BCUT2D eigenvalue weighted by Gasteiger charge is 2.22. The van der Waals surface area contributed by atoms with Gasteiger partial charge in [0.2, 0.25) is 0 Å². The summed E-state index contributed by atoms with van der Waals surface area (Å²) >= 11 is 0. The number of anilines is 1. The Bertz CT molecular complexity index is 879. The molecule has 0 bridgehead atoms. The number of nitrogens with one attached hydrogen (secondary N) is 2. The van der Waals surface area contributed by atoms with Crippen molar-refractivity contribution in [2.75, 3.05) is 11.9 Å². The first-order chi connectivity index (χ1) is 14.7. The van der Waals surface area contributed by atoms with Crippen molar-refractivity contribution in [1.82, 2.24) is 5.32 Å². The molecule has 3 rings (SSSR count). The fourth-order valence-corrected chi connectivity index (χ4v) is 3.75. The van der Waals surface area contributed by atoms with Crippen LogP contribution in [0.1, 0.15) is 56.2 Å². The molecule has 1 aliphatic carbocycles. The average molecular weight is 433 g/mol. The highest BCUT2D eigenvalue weighted by atomic mass is 19.3. The van der Waals surface area contributed by atoms with Gasteiger partial charge in [0, 0.05) is 24.7 Å². The van der Waals surface area contributed by atoms with E-state index in [0.717, 1.165) is 30.5 Å². The third-order valence-corrected chi connectivity index (χ3v) is 5.12. The van der Waals surface area contributed by atoms with Gasteiger partial charge in [-0.15, -0.1) is 0 Å². The lowest BCUT2D eigenvalue weighted by atomic mass is 9.82. The Morgan fingerprint density at radius 1 is 1.16 bits per heavy atom. The van der Waals surface area contributed by atoms with Crippen LogP contribution in [0.25, 0.3) is 0 Å². The molecule has 31 heavy (non-hydrogen) atoms. The van der Waals surface area contributed by atoms with Crippen molar-refractivity contribution in [3.8, 4) is 5.75 Å². The summed E-state index contributed by atoms with van der Waals surface area (Å²) in [5.74, 6) is 0.422. The second kappa shape index (κ2) is 9.98. The number of fused-ring (bicyclic) bond motifs is 1. The van der Waals surface area contributed by atoms with Gasteiger partial charge in [-0.2, -0.15) is 8.78 Å². The van der Waals surface area contributed by atoms with E-state index in [1.54, 1.807) is 12.1 Å². The van der Waals surface area contributed by atoms with E-state index in [2.05, 4.69) is 27.5 Å². The van der Waals surface area contributed by atoms with Gasteiger partial charge < -0.3 is 20.1 Å². The van der Waals surface area contributed by atoms with Crippen molar-refractivity contribution in [1.29, 1.82) is 0 Å². The molecule has 0 aromatic heterocycles. The van der Waals surface area contributed by atoms with E-state index >= 15 is 0 Å². The highest BCUT2D eigenvalue weighted by Crippen LogP contribution is 2.33. The second-order valence-corrected chi connectivity index (χ2v) is 8.76. The number of rotatable bonds is 7. The molecule has 0 unspecified atom stereocenters. The summed E-state index contributed by atoms with van der Waals surface area (Å²) in [6, 6.07) is 12.9. The third-order valence-electron chi connectivity index (χ3n) is 5.12. The molecule has 7 heteroatoms. The molecule has 1 amide bonds. The smallest absolute Gasteiger partial charge is 0.407 e. The molecule has 0 saturated heterocycles. The number of hydrogen-bond donors (Lipinski definition) is 2. The number of benzene rings is 2. The van der Waals surface area contributed by atoms with Crippen molar-refractivity contribution in [3.63, 3.8) is 0 Å². The first-order valence-corrected chi connectivity index (χ1v) is 10.6. The summed E-state index contributed by atoms with van der Waals surface area (Å²) in [7, 11) is 0. The van der Waals surface area contributed by atoms with Crippen LogP contribution < -0.4 is 15.4 Å². The minimum absolute atomic E-state index is 0.151. The zero-order chi connectivity index (χ0) is 22.4. The van der Waals surface area contributed by atoms with E-state index in [1.807, 2.05) is 26.8 Å². The Balaban J connectivity index is 1.56. The Kier molecular flexibility index (Phi) is 7.36. The maximum Gasteiger partial charge on any atom is 0.407 e. The summed E-state index contributed by atoms with van der Waals surface area (Å²) in [6.07, 6.45) is 2.72. The topological polar surface area (TPSA) is 59.6 Å². The predicted molar refractivity (Wildman–Crippen MR) is 117 cm³/mol. The van der Waals surface area contributed by atoms with Crippen molar-refractivity contribution in [2.45, 2.75) is 64.7 Å². The van der Waals surface area contributed by atoms with Crippen LogP contribution in [0.3, 0.4) is 0 Å². The minimum atomic E-state index is -2.82. The summed E-state index contributed by atoms with van der Waals surface area (Å²) in [6.45, 7) is 3.87. The monoisotopic (exact) mass is 432 g/mol. The third kappa shape index (κ3) is 7.12. The van der Waals surface area contributed by atoms with E-state index in [0.29, 0.717) is 13.1 Å². The molecule has 2 aromatic carbocycles. The zero-order valence-electron chi connectivity index (χ0n) is 18.2. The largest absolute Gasteiger partial charge is 0.444 e. The van der Waals surface area contributed by atoms with Gasteiger partial charge in [0.15, 0.2) is 0 Å². The molecule has 168 valence electrons. The Morgan fingerprint density at radius 3 is 2.58 bits per heavy atom. The van der Waals surface area contributed by atoms with E-state index in [1.165, 1.54) is 23.3 Å². The number of amides is 1. The summed E-state index contributed by atoms with van der Waals surface area (Å²) in [4.78, 5) is 12.0. The van der Waals surface area contributed by atoms with E-state index in [-0.39, 0.29) is 17.8 Å². The molecule has 0 heterocycles. The Labute approximate surface area is 182 Å². The molecule has 0 aliphatic heterocycles. The Morgan fingerprint density at radius 2 is 1.90 bits per heavy atom. The first-order valence-electron chi connectivity index (χ1n) is 10.6. The van der Waals surface area contributed by atoms with Gasteiger partial charge in [0.25, 0.3) is 0 Å². The number of carbonyl (C=O) groups is 1. The predicted octanol–water partition coefficient (Wildman–Crippen LogP) is 5.84. The van der Waals surface area contributed by atoms with Crippen LogP contribution in [0, 0.1) is 0 Å². The minimum Gasteiger partial charge on any atom is -0.444 e. The number of aryl methyl sites for hydroxylation is 1. The number of alkyl carbamates (subject to hydrolysis) is 1. The van der Waals surface area contributed by atoms with Gasteiger partial charge in [0.1, 0.15) is 11.4 Å². The molecule has 0 radical (unpaired) electrons. The maximum atomic E-state index is 12.2. The molecular formula is C24H30F2N2O3. The molecule has 0 spiro atoms. The van der Waals surface area contributed by atoms with Gasteiger partial charge in [-0.05, 0) is 81.0 Å². The normalized spacial score (nSPS) is 15.9. The number of alkyl halides is 2. The molecule has 2 aromatic rings. The second-order valence-electron chi connectivity index (χ2n) is 8.76. The summed E-state index contributed by atoms with van der Waals surface area (Å²) in [5.41, 5.74) is 4.02. The summed E-state index contributed by atoms with van der Waals surface area (Å²) in [5, 5.41) is 6.28. The molecule has 2 N–H and O–H groups in total. The number of hydrogen-bond acceptors (Lipinski definition) is 4. The van der Waals surface area contributed by atoms with Crippen molar-refractivity contribution < 1.29 is 23.0 Å². The van der Waals surface area contributed by atoms with Gasteiger partial charge >= 0.3 is 12.7 Å². The van der Waals surface area contributed by atoms with Crippen LogP contribution in [-0.4, -0.2) is 24.9 Å². The summed E-state index contributed by atoms with van der Waals surface area (Å²) < 4.78 is 34.2. The van der Waals surface area contributed by atoms with Crippen LogP contribution in [0.15, 0.2) is 42.5 Å². The van der Waals surface area contributed by atoms with Gasteiger partial charge in [-0.1, -0.05) is 18.2 Å². The maximum absolute atomic E-state index is 12.2. The van der Waals surface area contributed by atoms with E-state index in [9.17, 15) is 13.6 Å². The lowest BCUT2D eigenvalue weighted by Gasteiger charge is -2.27. The van der Waals surface area contributed by atoms with Crippen LogP contribution in [-0.2, 0) is 17.7 Å². The van der Waals surface area contributed by atoms with Crippen molar-refractivity contribution >= 4 is 11.8 Å². The SMILES string of the molecule is CC(C)(C)OC(=O)NC[C@@H]1CCCc2cc(NCc3ccc(OC(F)F)cc3)ccc21. The molecule has 0 saturated carbocycles. The van der Waals surface area contributed by atoms with E-state index in [4.69, 9.17) is 4.74 Å². The van der Waals surface area contributed by atoms with Gasteiger partial charge in [-0.3, -0.25) is 0 Å². The van der Waals surface area contributed by atoms with Crippen molar-refractivity contribution in [3.05, 3.63) is 59.2 Å². The van der Waals surface area contributed by atoms with Gasteiger partial charge in [-0.25, -0.2) is 4.79 Å². The molecule has 1 aliphatic rings. The quantitative estimate of drug-likeness (QED) is 0.577. The molecule has 5 nitrogen and oxygen atoms in total. The highest BCUT2D eigenvalue weighted by molar-refractivity contribution is 5.67. The molecular weight excluding hydrogens is 402 g/mol. The van der Waals surface area contributed by atoms with Crippen LogP contribution in [0.2, 0.25) is 0 Å². The lowest BCUT2D eigenvalue weighted by Crippen LogP contribution is -2.35. The van der Waals surface area contributed by atoms with E-state index < -0.39 is 12.2 Å². The molecule has 0 fully saturated rings. The average Bonchev–Trinajstić information content (AvgIpc) is 2.70. The van der Waals surface area contributed by atoms with Gasteiger partial charge in [0.05, 0.1) is 0 Å². The number of carbonyl (C=O) groups excluding carboxylic acids is 1. The fourth-order valence-electron chi connectivity index (χ4n) is 3.75. The van der Waals surface area contributed by atoms with Crippen LogP contribution >= 0.6 is 0 Å². The first kappa shape index (κ1) is 22.8. The fraction of sp³-hybridized carbons (Fsp3) is 0.458. The Hall–Kier alpha value is -2.83. The lowest BCUT2D eigenvalue weighted by molar-refractivity contribution is -0.0498. The number of ether oxygens (including phenoxy) is 2. The zero-order valence-corrected chi connectivity index (χ0v) is 18.2.